The smallest absolute Gasteiger partial charge is 0.321 e. The van der Waals surface area contributed by atoms with Crippen LogP contribution in [0, 0.1) is 6.92 Å². The van der Waals surface area contributed by atoms with Gasteiger partial charge >= 0.3 is 5.97 Å². The lowest BCUT2D eigenvalue weighted by Crippen LogP contribution is -2.38. The predicted octanol–water partition coefficient (Wildman–Crippen LogP) is 2.36. The van der Waals surface area contributed by atoms with E-state index in [1.165, 1.54) is 10.4 Å². The second-order valence-corrected chi connectivity index (χ2v) is 7.29. The molecule has 1 aromatic carbocycles. The van der Waals surface area contributed by atoms with Crippen molar-refractivity contribution >= 4 is 27.6 Å². The average molecular weight is 332 g/mol. The Morgan fingerprint density at radius 2 is 2.10 bits per heavy atom. The number of sulfonamides is 1. The number of hydrogen-bond acceptors (Lipinski definition) is 4. The number of carbonyl (C=O) groups is 1. The first-order valence-electron chi connectivity index (χ1n) is 6.80. The van der Waals surface area contributed by atoms with Gasteiger partial charge in [-0.05, 0) is 44.4 Å². The first-order chi connectivity index (χ1) is 9.86. The Kier molecular flexibility index (Phi) is 4.91. The van der Waals surface area contributed by atoms with Crippen molar-refractivity contribution in [1.82, 2.24) is 4.31 Å². The van der Waals surface area contributed by atoms with E-state index in [1.807, 2.05) is 6.92 Å². The molecule has 7 heteroatoms. The topological polar surface area (TPSA) is 63.7 Å². The zero-order valence-corrected chi connectivity index (χ0v) is 13.6. The Hall–Kier alpha value is -1.11. The fraction of sp³-hybridized carbons (Fsp3) is 0.500. The van der Waals surface area contributed by atoms with Gasteiger partial charge in [-0.3, -0.25) is 4.79 Å². The van der Waals surface area contributed by atoms with E-state index >= 15 is 0 Å². The van der Waals surface area contributed by atoms with Crippen LogP contribution in [0.1, 0.15) is 25.3 Å². The normalized spacial score (nSPS) is 15.2. The van der Waals surface area contributed by atoms with E-state index in [2.05, 4.69) is 0 Å². The summed E-state index contributed by atoms with van der Waals surface area (Å²) in [7, 11) is -3.80. The molecule has 0 radical (unpaired) electrons. The lowest BCUT2D eigenvalue weighted by Gasteiger charge is -2.21. The van der Waals surface area contributed by atoms with Crippen LogP contribution in [0.3, 0.4) is 0 Å². The third-order valence-corrected chi connectivity index (χ3v) is 5.60. The van der Waals surface area contributed by atoms with Gasteiger partial charge in [0.25, 0.3) is 0 Å². The molecule has 0 bridgehead atoms. The van der Waals surface area contributed by atoms with Crippen molar-refractivity contribution in [2.24, 2.45) is 0 Å². The highest BCUT2D eigenvalue weighted by Gasteiger charge is 2.40. The number of halogens is 1. The fourth-order valence-electron chi connectivity index (χ4n) is 2.05. The van der Waals surface area contributed by atoms with Gasteiger partial charge in [-0.25, -0.2) is 8.42 Å². The van der Waals surface area contributed by atoms with Crippen molar-refractivity contribution < 1.29 is 17.9 Å². The van der Waals surface area contributed by atoms with Crippen LogP contribution in [0.5, 0.6) is 0 Å². The van der Waals surface area contributed by atoms with Crippen molar-refractivity contribution in [3.8, 4) is 0 Å². The zero-order valence-electron chi connectivity index (χ0n) is 12.0. The summed E-state index contributed by atoms with van der Waals surface area (Å²) in [4.78, 5) is 11.7. The van der Waals surface area contributed by atoms with Gasteiger partial charge in [0.2, 0.25) is 10.0 Å². The summed E-state index contributed by atoms with van der Waals surface area (Å²) < 4.78 is 31.5. The van der Waals surface area contributed by atoms with E-state index in [4.69, 9.17) is 16.3 Å². The first kappa shape index (κ1) is 16.3. The third-order valence-electron chi connectivity index (χ3n) is 3.22. The van der Waals surface area contributed by atoms with Crippen LogP contribution in [0.2, 0.25) is 5.02 Å². The maximum Gasteiger partial charge on any atom is 0.321 e. The van der Waals surface area contributed by atoms with Crippen molar-refractivity contribution in [1.29, 1.82) is 0 Å². The maximum absolute atomic E-state index is 12.7. The highest BCUT2D eigenvalue weighted by atomic mass is 35.5. The number of rotatable bonds is 6. The Labute approximate surface area is 129 Å². The molecule has 0 spiro atoms. The van der Waals surface area contributed by atoms with Gasteiger partial charge in [-0.2, -0.15) is 4.31 Å². The number of ether oxygens (including phenoxy) is 1. The monoisotopic (exact) mass is 331 g/mol. The minimum Gasteiger partial charge on any atom is -0.465 e. The molecule has 0 amide bonds. The number of aryl methyl sites for hydroxylation is 1. The molecule has 0 heterocycles. The van der Waals surface area contributed by atoms with Crippen LogP contribution in [-0.4, -0.2) is 37.9 Å². The molecule has 0 atom stereocenters. The Balaban J connectivity index is 2.31. The fourth-order valence-corrected chi connectivity index (χ4v) is 4.25. The zero-order chi connectivity index (χ0) is 15.6. The third kappa shape index (κ3) is 3.75. The number of nitrogens with zero attached hydrogens (tertiary/aromatic N) is 1. The molecule has 1 aliphatic carbocycles. The van der Waals surface area contributed by atoms with E-state index in [-0.39, 0.29) is 29.1 Å². The van der Waals surface area contributed by atoms with Crippen LogP contribution in [0.4, 0.5) is 0 Å². The Morgan fingerprint density at radius 3 is 2.62 bits per heavy atom. The molecule has 1 aliphatic rings. The second-order valence-electron chi connectivity index (χ2n) is 5.02. The molecule has 2 rings (SSSR count). The highest BCUT2D eigenvalue weighted by molar-refractivity contribution is 7.89. The number of benzene rings is 1. The summed E-state index contributed by atoms with van der Waals surface area (Å²) in [6, 6.07) is 4.63. The minimum atomic E-state index is -3.80. The summed E-state index contributed by atoms with van der Waals surface area (Å²) >= 11 is 6.06. The summed E-state index contributed by atoms with van der Waals surface area (Å²) in [5, 5.41) is 0.171. The number of carbonyl (C=O) groups excluding carboxylic acids is 1. The predicted molar refractivity (Wildman–Crippen MR) is 79.7 cm³/mol. The SMILES string of the molecule is CCOC(=O)CN(C1CC1)S(=O)(=O)c1ccc(C)cc1Cl. The van der Waals surface area contributed by atoms with Crippen LogP contribution in [0.15, 0.2) is 23.1 Å². The molecular weight excluding hydrogens is 314 g/mol. The van der Waals surface area contributed by atoms with Crippen LogP contribution < -0.4 is 0 Å². The van der Waals surface area contributed by atoms with Crippen molar-refractivity contribution in [2.45, 2.75) is 37.6 Å². The summed E-state index contributed by atoms with van der Waals surface area (Å²) in [5.41, 5.74) is 0.877. The Morgan fingerprint density at radius 1 is 1.43 bits per heavy atom. The van der Waals surface area contributed by atoms with Gasteiger partial charge in [0, 0.05) is 6.04 Å². The van der Waals surface area contributed by atoms with E-state index in [0.29, 0.717) is 0 Å². The lowest BCUT2D eigenvalue weighted by atomic mass is 10.2. The standard InChI is InChI=1S/C14H18ClNO4S/c1-3-20-14(17)9-16(11-5-6-11)21(18,19)13-7-4-10(2)8-12(13)15/h4,7-8,11H,3,5-6,9H2,1-2H3. The van der Waals surface area contributed by atoms with Gasteiger partial charge in [0.05, 0.1) is 11.6 Å². The van der Waals surface area contributed by atoms with Crippen molar-refractivity contribution in [2.75, 3.05) is 13.2 Å². The van der Waals surface area contributed by atoms with Gasteiger partial charge in [0.15, 0.2) is 0 Å². The highest BCUT2D eigenvalue weighted by Crippen LogP contribution is 2.34. The molecule has 1 fully saturated rings. The molecule has 1 saturated carbocycles. The molecule has 0 unspecified atom stereocenters. The quantitative estimate of drug-likeness (QED) is 0.751. The maximum atomic E-state index is 12.7. The van der Waals surface area contributed by atoms with Crippen LogP contribution >= 0.6 is 11.6 Å². The summed E-state index contributed by atoms with van der Waals surface area (Å²) in [6.45, 7) is 3.47. The molecule has 0 aromatic heterocycles. The van der Waals surface area contributed by atoms with Gasteiger partial charge in [-0.1, -0.05) is 17.7 Å². The van der Waals surface area contributed by atoms with Crippen LogP contribution in [-0.2, 0) is 19.6 Å². The summed E-state index contributed by atoms with van der Waals surface area (Å²) in [6.07, 6.45) is 1.50. The van der Waals surface area contributed by atoms with Crippen molar-refractivity contribution in [3.63, 3.8) is 0 Å². The van der Waals surface area contributed by atoms with E-state index in [1.54, 1.807) is 19.1 Å². The van der Waals surface area contributed by atoms with E-state index < -0.39 is 16.0 Å². The Bertz CT molecular complexity index is 640. The largest absolute Gasteiger partial charge is 0.465 e. The first-order valence-corrected chi connectivity index (χ1v) is 8.61. The van der Waals surface area contributed by atoms with Crippen molar-refractivity contribution in [3.05, 3.63) is 28.8 Å². The second kappa shape index (κ2) is 6.34. The minimum absolute atomic E-state index is 0.0333. The molecular formula is C14H18ClNO4S. The number of esters is 1. The average Bonchev–Trinajstić information content (AvgIpc) is 3.19. The molecule has 5 nitrogen and oxygen atoms in total. The van der Waals surface area contributed by atoms with Gasteiger partial charge in [0.1, 0.15) is 11.4 Å². The molecule has 0 aliphatic heterocycles. The number of hydrogen-bond donors (Lipinski definition) is 0. The van der Waals surface area contributed by atoms with E-state index in [0.717, 1.165) is 18.4 Å². The lowest BCUT2D eigenvalue weighted by molar-refractivity contribution is -0.143. The molecule has 1 aromatic rings. The van der Waals surface area contributed by atoms with E-state index in [9.17, 15) is 13.2 Å². The molecule has 116 valence electrons. The van der Waals surface area contributed by atoms with Crippen LogP contribution in [0.25, 0.3) is 0 Å². The molecule has 21 heavy (non-hydrogen) atoms. The molecule has 0 N–H and O–H groups in total. The van der Waals surface area contributed by atoms with Gasteiger partial charge < -0.3 is 4.74 Å². The van der Waals surface area contributed by atoms with Gasteiger partial charge in [-0.15, -0.1) is 0 Å². The molecule has 0 saturated heterocycles. The summed E-state index contributed by atoms with van der Waals surface area (Å²) in [5.74, 6) is -0.545.